The molecule has 0 atom stereocenters. The molecular weight excluding hydrogens is 588 g/mol. The van der Waals surface area contributed by atoms with E-state index in [9.17, 15) is 8.42 Å². The third-order valence-corrected chi connectivity index (χ3v) is 10.4. The van der Waals surface area contributed by atoms with Gasteiger partial charge in [-0.25, -0.2) is 13.4 Å². The summed E-state index contributed by atoms with van der Waals surface area (Å²) in [5, 5.41) is 10.2. The fraction of sp³-hybridized carbons (Fsp3) is 0.567. The van der Waals surface area contributed by atoms with Crippen molar-refractivity contribution >= 4 is 44.6 Å². The SMILES string of the molecule is Cc1cc(Nc2ncc(Cl)c(Nc3cn(C)nc3S(=O)(=O)C(C)C)n2)c(OC2CC2)cc1C1CCN(CCN(C)C)CC1. The van der Waals surface area contributed by atoms with Gasteiger partial charge in [-0.3, -0.25) is 4.68 Å². The number of aryl methyl sites for hydroxylation is 2. The van der Waals surface area contributed by atoms with Crippen LogP contribution in [0.15, 0.2) is 29.6 Å². The van der Waals surface area contributed by atoms with E-state index in [1.165, 1.54) is 22.0 Å². The van der Waals surface area contributed by atoms with Crippen molar-refractivity contribution in [3.05, 3.63) is 40.7 Å². The first kappa shape index (κ1) is 31.5. The van der Waals surface area contributed by atoms with E-state index in [0.29, 0.717) is 17.6 Å². The summed E-state index contributed by atoms with van der Waals surface area (Å²) in [6.45, 7) is 9.77. The molecule has 1 saturated heterocycles. The van der Waals surface area contributed by atoms with Crippen molar-refractivity contribution < 1.29 is 13.2 Å². The van der Waals surface area contributed by atoms with Crippen molar-refractivity contribution in [2.24, 2.45) is 7.05 Å². The summed E-state index contributed by atoms with van der Waals surface area (Å²) >= 11 is 6.45. The number of ether oxygens (including phenoxy) is 1. The lowest BCUT2D eigenvalue weighted by molar-refractivity contribution is 0.193. The fourth-order valence-corrected chi connectivity index (χ4v) is 6.50. The first-order chi connectivity index (χ1) is 20.4. The monoisotopic (exact) mass is 630 g/mol. The Balaban J connectivity index is 1.37. The lowest BCUT2D eigenvalue weighted by Gasteiger charge is -2.33. The van der Waals surface area contributed by atoms with E-state index in [2.05, 4.69) is 68.7 Å². The second-order valence-corrected chi connectivity index (χ2v) is 15.0. The normalized spacial score (nSPS) is 16.7. The van der Waals surface area contributed by atoms with Gasteiger partial charge in [-0.1, -0.05) is 11.6 Å². The Kier molecular flexibility index (Phi) is 9.50. The summed E-state index contributed by atoms with van der Waals surface area (Å²) in [7, 11) is 2.28. The molecule has 2 aromatic heterocycles. The number of benzene rings is 1. The molecule has 13 heteroatoms. The summed E-state index contributed by atoms with van der Waals surface area (Å²) < 4.78 is 33.6. The Morgan fingerprint density at radius 1 is 1.12 bits per heavy atom. The van der Waals surface area contributed by atoms with Crippen LogP contribution in [0.25, 0.3) is 0 Å². The summed E-state index contributed by atoms with van der Waals surface area (Å²) in [6, 6.07) is 4.31. The number of halogens is 1. The minimum Gasteiger partial charge on any atom is -0.488 e. The fourth-order valence-electron chi connectivity index (χ4n) is 5.26. The molecule has 2 N–H and O–H groups in total. The Morgan fingerprint density at radius 3 is 2.49 bits per heavy atom. The summed E-state index contributed by atoms with van der Waals surface area (Å²) in [6.07, 6.45) is 7.65. The van der Waals surface area contributed by atoms with Gasteiger partial charge in [-0.2, -0.15) is 10.1 Å². The van der Waals surface area contributed by atoms with Gasteiger partial charge in [0.15, 0.2) is 5.82 Å². The van der Waals surface area contributed by atoms with Crippen molar-refractivity contribution in [1.82, 2.24) is 29.5 Å². The molecule has 0 radical (unpaired) electrons. The Labute approximate surface area is 259 Å². The molecule has 1 saturated carbocycles. The molecule has 1 aliphatic carbocycles. The van der Waals surface area contributed by atoms with Crippen LogP contribution in [-0.4, -0.2) is 89.6 Å². The van der Waals surface area contributed by atoms with Crippen LogP contribution in [0.4, 0.5) is 23.1 Å². The minimum absolute atomic E-state index is 0.0518. The van der Waals surface area contributed by atoms with Gasteiger partial charge in [-0.05, 0) is 103 Å². The van der Waals surface area contributed by atoms with Gasteiger partial charge in [0.2, 0.25) is 20.8 Å². The minimum atomic E-state index is -3.64. The van der Waals surface area contributed by atoms with Gasteiger partial charge in [0, 0.05) is 26.3 Å². The molecule has 0 amide bonds. The quantitative estimate of drug-likeness (QED) is 0.279. The molecule has 43 heavy (non-hydrogen) atoms. The van der Waals surface area contributed by atoms with Crippen molar-refractivity contribution in [2.45, 2.75) is 68.8 Å². The number of likely N-dealkylation sites (tertiary alicyclic amines) is 1. The first-order valence-electron chi connectivity index (χ1n) is 14.9. The lowest BCUT2D eigenvalue weighted by Crippen LogP contribution is -2.37. The average molecular weight is 631 g/mol. The molecular formula is C30H43ClN8O3S. The number of nitrogens with one attached hydrogen (secondary N) is 2. The van der Waals surface area contributed by atoms with E-state index < -0.39 is 15.1 Å². The van der Waals surface area contributed by atoms with Gasteiger partial charge < -0.3 is 25.2 Å². The molecule has 1 aliphatic heterocycles. The highest BCUT2D eigenvalue weighted by atomic mass is 35.5. The number of piperidine rings is 1. The molecule has 11 nitrogen and oxygen atoms in total. The second-order valence-electron chi connectivity index (χ2n) is 12.2. The predicted octanol–water partition coefficient (Wildman–Crippen LogP) is 5.12. The van der Waals surface area contributed by atoms with Crippen LogP contribution < -0.4 is 15.4 Å². The van der Waals surface area contributed by atoms with Crippen LogP contribution >= 0.6 is 11.6 Å². The highest BCUT2D eigenvalue weighted by molar-refractivity contribution is 7.92. The van der Waals surface area contributed by atoms with Gasteiger partial charge in [-0.15, -0.1) is 0 Å². The lowest BCUT2D eigenvalue weighted by atomic mass is 9.86. The van der Waals surface area contributed by atoms with Crippen LogP contribution in [-0.2, 0) is 16.9 Å². The standard InChI is InChI=1S/C30H43ClN8O3S/c1-19(2)43(40,41)29-26(18-38(6)36-29)33-28-24(31)17-32-30(35-28)34-25-15-20(3)23(16-27(25)42-22-7-8-22)21-9-11-39(12-10-21)14-13-37(4)5/h15-19,21-22H,7-14H2,1-6H3,(H2,32,33,34,35). The molecule has 2 aliphatic rings. The topological polar surface area (TPSA) is 118 Å². The Morgan fingerprint density at radius 2 is 1.84 bits per heavy atom. The maximum Gasteiger partial charge on any atom is 0.229 e. The zero-order valence-electron chi connectivity index (χ0n) is 25.9. The number of aromatic nitrogens is 4. The van der Waals surface area contributed by atoms with Crippen LogP contribution in [0, 0.1) is 6.92 Å². The third kappa shape index (κ3) is 7.60. The summed E-state index contributed by atoms with van der Waals surface area (Å²) in [5.41, 5.74) is 3.62. The molecule has 0 unspecified atom stereocenters. The number of likely N-dealkylation sites (N-methyl/N-ethyl adjacent to an activating group) is 1. The van der Waals surface area contributed by atoms with E-state index >= 15 is 0 Å². The van der Waals surface area contributed by atoms with Crippen LogP contribution in [0.5, 0.6) is 5.75 Å². The van der Waals surface area contributed by atoms with Crippen molar-refractivity contribution in [1.29, 1.82) is 0 Å². The van der Waals surface area contributed by atoms with Crippen molar-refractivity contribution in [3.63, 3.8) is 0 Å². The van der Waals surface area contributed by atoms with E-state index in [0.717, 1.165) is 63.3 Å². The van der Waals surface area contributed by atoms with Gasteiger partial charge in [0.25, 0.3) is 0 Å². The Bertz CT molecular complexity index is 1550. The Hall–Kier alpha value is -2.93. The zero-order chi connectivity index (χ0) is 30.9. The molecule has 0 spiro atoms. The smallest absolute Gasteiger partial charge is 0.229 e. The molecule has 5 rings (SSSR count). The number of hydrogen-bond acceptors (Lipinski definition) is 10. The number of rotatable bonds is 12. The van der Waals surface area contributed by atoms with Crippen LogP contribution in [0.2, 0.25) is 5.02 Å². The second kappa shape index (κ2) is 13.0. The molecule has 234 valence electrons. The average Bonchev–Trinajstić information content (AvgIpc) is 3.69. The molecule has 0 bridgehead atoms. The zero-order valence-corrected chi connectivity index (χ0v) is 27.5. The highest BCUT2D eigenvalue weighted by Crippen LogP contribution is 2.40. The largest absolute Gasteiger partial charge is 0.488 e. The van der Waals surface area contributed by atoms with Crippen LogP contribution in [0.1, 0.15) is 56.6 Å². The number of anilines is 4. The van der Waals surface area contributed by atoms with Crippen LogP contribution in [0.3, 0.4) is 0 Å². The van der Waals surface area contributed by atoms with Gasteiger partial charge in [0.05, 0.1) is 28.9 Å². The maximum atomic E-state index is 12.9. The van der Waals surface area contributed by atoms with E-state index in [4.69, 9.17) is 16.3 Å². The summed E-state index contributed by atoms with van der Waals surface area (Å²) in [5.74, 6) is 1.87. The van der Waals surface area contributed by atoms with Gasteiger partial charge in [0.1, 0.15) is 10.8 Å². The molecule has 2 fully saturated rings. The molecule has 1 aromatic carbocycles. The molecule has 3 heterocycles. The van der Waals surface area contributed by atoms with Crippen molar-refractivity contribution in [3.8, 4) is 5.75 Å². The predicted molar refractivity (Wildman–Crippen MR) is 171 cm³/mol. The number of sulfone groups is 1. The highest BCUT2D eigenvalue weighted by Gasteiger charge is 2.29. The maximum absolute atomic E-state index is 12.9. The van der Waals surface area contributed by atoms with E-state index in [1.807, 2.05) is 0 Å². The first-order valence-corrected chi connectivity index (χ1v) is 16.9. The third-order valence-electron chi connectivity index (χ3n) is 8.01. The van der Waals surface area contributed by atoms with Gasteiger partial charge >= 0.3 is 0 Å². The van der Waals surface area contributed by atoms with E-state index in [1.54, 1.807) is 27.1 Å². The number of nitrogens with zero attached hydrogens (tertiary/aromatic N) is 6. The number of hydrogen-bond donors (Lipinski definition) is 2. The molecule has 3 aromatic rings. The summed E-state index contributed by atoms with van der Waals surface area (Å²) in [4.78, 5) is 13.8. The van der Waals surface area contributed by atoms with E-state index in [-0.39, 0.29) is 22.0 Å². The van der Waals surface area contributed by atoms with Crippen molar-refractivity contribution in [2.75, 3.05) is 50.9 Å².